The Bertz CT molecular complexity index is 534. The number of rotatable bonds is 3. The third kappa shape index (κ3) is 2.34. The van der Waals surface area contributed by atoms with Crippen molar-refractivity contribution in [2.45, 2.75) is 26.3 Å². The van der Waals surface area contributed by atoms with Crippen LogP contribution in [0, 0.1) is 11.3 Å². The largest absolute Gasteiger partial charge is 0.245 e. The monoisotopic (exact) mass is 226 g/mol. The molecule has 0 bridgehead atoms. The summed E-state index contributed by atoms with van der Waals surface area (Å²) in [6.45, 7) is 4.06. The highest BCUT2D eigenvalue weighted by Crippen LogP contribution is 2.15. The third-order valence-electron chi connectivity index (χ3n) is 2.60. The van der Waals surface area contributed by atoms with E-state index in [1.165, 1.54) is 0 Å². The van der Waals surface area contributed by atoms with Crippen molar-refractivity contribution in [3.63, 3.8) is 0 Å². The Morgan fingerprint density at radius 2 is 2.00 bits per heavy atom. The summed E-state index contributed by atoms with van der Waals surface area (Å²) in [5.74, 6) is 0. The number of nitriles is 1. The molecule has 0 fully saturated rings. The molecule has 4 nitrogen and oxygen atoms in total. The maximum atomic E-state index is 9.03. The second kappa shape index (κ2) is 4.79. The number of hydrogen-bond donors (Lipinski definition) is 0. The molecule has 4 heteroatoms. The lowest BCUT2D eigenvalue weighted by molar-refractivity contribution is 0.497. The van der Waals surface area contributed by atoms with Crippen molar-refractivity contribution >= 4 is 0 Å². The summed E-state index contributed by atoms with van der Waals surface area (Å²) in [5, 5.41) is 17.0. The van der Waals surface area contributed by atoms with E-state index in [-0.39, 0.29) is 6.04 Å². The van der Waals surface area contributed by atoms with Crippen LogP contribution in [-0.2, 0) is 6.42 Å². The molecular weight excluding hydrogens is 212 g/mol. The van der Waals surface area contributed by atoms with Gasteiger partial charge in [-0.05, 0) is 19.4 Å². The molecule has 1 aromatic carbocycles. The van der Waals surface area contributed by atoms with Crippen LogP contribution in [0.3, 0.4) is 0 Å². The smallest absolute Gasteiger partial charge is 0.186 e. The lowest BCUT2D eigenvalue weighted by atomic mass is 10.1. The Morgan fingerprint density at radius 1 is 1.29 bits per heavy atom. The molecule has 0 amide bonds. The summed E-state index contributed by atoms with van der Waals surface area (Å²) in [4.78, 5) is 0. The van der Waals surface area contributed by atoms with Gasteiger partial charge in [0, 0.05) is 12.5 Å². The minimum atomic E-state index is 0.211. The van der Waals surface area contributed by atoms with Gasteiger partial charge in [0.05, 0.1) is 5.69 Å². The first-order valence-electron chi connectivity index (χ1n) is 5.60. The zero-order valence-corrected chi connectivity index (χ0v) is 9.96. The van der Waals surface area contributed by atoms with Crippen LogP contribution in [0.1, 0.15) is 36.8 Å². The van der Waals surface area contributed by atoms with Gasteiger partial charge < -0.3 is 0 Å². The van der Waals surface area contributed by atoms with Crippen molar-refractivity contribution in [1.29, 1.82) is 5.26 Å². The molecular formula is C13H14N4. The summed E-state index contributed by atoms with van der Waals surface area (Å²) in [5.41, 5.74) is 2.46. The molecule has 1 aromatic heterocycles. The van der Waals surface area contributed by atoms with Crippen LogP contribution in [-0.4, -0.2) is 15.0 Å². The minimum absolute atomic E-state index is 0.211. The lowest BCUT2D eigenvalue weighted by Crippen LogP contribution is -2.08. The maximum absolute atomic E-state index is 9.03. The van der Waals surface area contributed by atoms with E-state index in [1.807, 2.05) is 48.9 Å². The Labute approximate surface area is 101 Å². The number of nitrogens with zero attached hydrogens (tertiary/aromatic N) is 4. The van der Waals surface area contributed by atoms with Gasteiger partial charge in [-0.2, -0.15) is 5.26 Å². The molecule has 0 aliphatic rings. The van der Waals surface area contributed by atoms with Crippen molar-refractivity contribution in [3.8, 4) is 6.07 Å². The Morgan fingerprint density at radius 3 is 2.59 bits per heavy atom. The van der Waals surface area contributed by atoms with E-state index in [0.717, 1.165) is 11.3 Å². The van der Waals surface area contributed by atoms with E-state index in [4.69, 9.17) is 5.26 Å². The SMILES string of the molecule is CC(C)n1nnc(C#N)c1Cc1ccccc1. The standard InChI is InChI=1S/C13H14N4/c1-10(2)17-13(12(9-14)15-16-17)8-11-6-4-3-5-7-11/h3-7,10H,8H2,1-2H3. The maximum Gasteiger partial charge on any atom is 0.186 e. The second-order valence-corrected chi connectivity index (χ2v) is 4.20. The first-order valence-corrected chi connectivity index (χ1v) is 5.60. The Hall–Kier alpha value is -2.15. The van der Waals surface area contributed by atoms with Crippen LogP contribution in [0.15, 0.2) is 30.3 Å². The number of benzene rings is 1. The van der Waals surface area contributed by atoms with Gasteiger partial charge in [-0.1, -0.05) is 35.5 Å². The van der Waals surface area contributed by atoms with Crippen LogP contribution in [0.25, 0.3) is 0 Å². The summed E-state index contributed by atoms with van der Waals surface area (Å²) in [6, 6.07) is 12.3. The Kier molecular flexibility index (Phi) is 3.20. The predicted octanol–water partition coefficient (Wildman–Crippen LogP) is 2.32. The van der Waals surface area contributed by atoms with Crippen molar-refractivity contribution in [3.05, 3.63) is 47.3 Å². The van der Waals surface area contributed by atoms with E-state index >= 15 is 0 Å². The zero-order chi connectivity index (χ0) is 12.3. The molecule has 17 heavy (non-hydrogen) atoms. The number of aromatic nitrogens is 3. The van der Waals surface area contributed by atoms with E-state index in [0.29, 0.717) is 12.1 Å². The van der Waals surface area contributed by atoms with E-state index in [9.17, 15) is 0 Å². The summed E-state index contributed by atoms with van der Waals surface area (Å²) >= 11 is 0. The van der Waals surface area contributed by atoms with Crippen molar-refractivity contribution < 1.29 is 0 Å². The topological polar surface area (TPSA) is 54.5 Å². The molecule has 0 saturated heterocycles. The van der Waals surface area contributed by atoms with E-state index in [2.05, 4.69) is 16.4 Å². The van der Waals surface area contributed by atoms with Gasteiger partial charge in [0.1, 0.15) is 6.07 Å². The molecule has 2 rings (SSSR count). The molecule has 0 unspecified atom stereocenters. The van der Waals surface area contributed by atoms with Crippen molar-refractivity contribution in [2.75, 3.05) is 0 Å². The van der Waals surface area contributed by atoms with Gasteiger partial charge in [0.15, 0.2) is 5.69 Å². The van der Waals surface area contributed by atoms with Gasteiger partial charge >= 0.3 is 0 Å². The van der Waals surface area contributed by atoms with Crippen molar-refractivity contribution in [2.24, 2.45) is 0 Å². The molecule has 0 aliphatic heterocycles. The highest BCUT2D eigenvalue weighted by molar-refractivity contribution is 5.30. The molecule has 0 radical (unpaired) electrons. The van der Waals surface area contributed by atoms with Gasteiger partial charge in [0.2, 0.25) is 0 Å². The van der Waals surface area contributed by atoms with E-state index in [1.54, 1.807) is 0 Å². The first-order chi connectivity index (χ1) is 8.22. The van der Waals surface area contributed by atoms with Gasteiger partial charge in [-0.25, -0.2) is 4.68 Å². The summed E-state index contributed by atoms with van der Waals surface area (Å²) < 4.78 is 1.81. The summed E-state index contributed by atoms with van der Waals surface area (Å²) in [6.07, 6.45) is 0.689. The van der Waals surface area contributed by atoms with Crippen molar-refractivity contribution in [1.82, 2.24) is 15.0 Å². The molecule has 2 aromatic rings. The fourth-order valence-electron chi connectivity index (χ4n) is 1.77. The minimum Gasteiger partial charge on any atom is -0.245 e. The van der Waals surface area contributed by atoms with E-state index < -0.39 is 0 Å². The van der Waals surface area contributed by atoms with Crippen LogP contribution in [0.5, 0.6) is 0 Å². The van der Waals surface area contributed by atoms with Crippen LogP contribution >= 0.6 is 0 Å². The van der Waals surface area contributed by atoms with Gasteiger partial charge in [-0.15, -0.1) is 5.10 Å². The fraction of sp³-hybridized carbons (Fsp3) is 0.308. The molecule has 0 aliphatic carbocycles. The van der Waals surface area contributed by atoms with Crippen LogP contribution in [0.2, 0.25) is 0 Å². The fourth-order valence-corrected chi connectivity index (χ4v) is 1.77. The normalized spacial score (nSPS) is 10.5. The third-order valence-corrected chi connectivity index (χ3v) is 2.60. The number of hydrogen-bond acceptors (Lipinski definition) is 3. The molecule has 0 spiro atoms. The second-order valence-electron chi connectivity index (χ2n) is 4.20. The molecule has 0 atom stereocenters. The van der Waals surface area contributed by atoms with Crippen LogP contribution < -0.4 is 0 Å². The first kappa shape index (κ1) is 11.3. The average Bonchev–Trinajstić information content (AvgIpc) is 2.73. The molecule has 86 valence electrons. The average molecular weight is 226 g/mol. The molecule has 1 heterocycles. The lowest BCUT2D eigenvalue weighted by Gasteiger charge is -2.09. The van der Waals surface area contributed by atoms with Gasteiger partial charge in [-0.3, -0.25) is 0 Å². The quantitative estimate of drug-likeness (QED) is 0.807. The highest BCUT2D eigenvalue weighted by Gasteiger charge is 2.14. The molecule has 0 saturated carbocycles. The molecule has 0 N–H and O–H groups in total. The zero-order valence-electron chi connectivity index (χ0n) is 9.96. The predicted molar refractivity (Wildman–Crippen MR) is 64.4 cm³/mol. The van der Waals surface area contributed by atoms with Gasteiger partial charge in [0.25, 0.3) is 0 Å². The Balaban J connectivity index is 2.38. The summed E-state index contributed by atoms with van der Waals surface area (Å²) in [7, 11) is 0. The highest BCUT2D eigenvalue weighted by atomic mass is 15.4. The van der Waals surface area contributed by atoms with Crippen LogP contribution in [0.4, 0.5) is 0 Å².